The van der Waals surface area contributed by atoms with Gasteiger partial charge >= 0.3 is 0 Å². The van der Waals surface area contributed by atoms with Crippen LogP contribution in [0.3, 0.4) is 0 Å². The fourth-order valence-corrected chi connectivity index (χ4v) is 3.46. The molecule has 130 valence electrons. The van der Waals surface area contributed by atoms with Crippen molar-refractivity contribution in [3.05, 3.63) is 102 Å². The minimum Gasteiger partial charge on any atom is -0.295 e. The summed E-state index contributed by atoms with van der Waals surface area (Å²) in [6, 6.07) is 28.4. The van der Waals surface area contributed by atoms with E-state index >= 15 is 0 Å². The number of hydrogen-bond donors (Lipinski definition) is 0. The zero-order valence-corrected chi connectivity index (χ0v) is 14.7. The number of para-hydroxylation sites is 1. The second-order valence-electron chi connectivity index (χ2n) is 6.66. The number of hydrogen-bond acceptors (Lipinski definition) is 2. The zero-order chi connectivity index (χ0) is 17.8. The van der Waals surface area contributed by atoms with Gasteiger partial charge in [-0.25, -0.2) is 0 Å². The van der Waals surface area contributed by atoms with E-state index < -0.39 is 0 Å². The number of carbonyl (C=O) groups is 1. The third kappa shape index (κ3) is 3.53. The summed E-state index contributed by atoms with van der Waals surface area (Å²) in [6.07, 6.45) is 0.972. The van der Waals surface area contributed by atoms with Crippen LogP contribution in [0.25, 0.3) is 0 Å². The Balaban J connectivity index is 1.62. The van der Waals surface area contributed by atoms with E-state index in [4.69, 9.17) is 0 Å². The second kappa shape index (κ2) is 7.54. The van der Waals surface area contributed by atoms with E-state index in [9.17, 15) is 4.79 Å². The van der Waals surface area contributed by atoms with Gasteiger partial charge in [-0.3, -0.25) is 14.6 Å². The van der Waals surface area contributed by atoms with Crippen LogP contribution in [0, 0.1) is 0 Å². The van der Waals surface area contributed by atoms with Gasteiger partial charge in [-0.15, -0.1) is 0 Å². The van der Waals surface area contributed by atoms with E-state index in [1.54, 1.807) is 0 Å². The lowest BCUT2D eigenvalue weighted by molar-refractivity contribution is 0.0976. The predicted molar refractivity (Wildman–Crippen MR) is 105 cm³/mol. The summed E-state index contributed by atoms with van der Waals surface area (Å²) in [7, 11) is 0. The highest BCUT2D eigenvalue weighted by atomic mass is 16.2. The fourth-order valence-electron chi connectivity index (χ4n) is 3.46. The van der Waals surface area contributed by atoms with Gasteiger partial charge in [0.05, 0.1) is 6.67 Å². The topological polar surface area (TPSA) is 23.6 Å². The summed E-state index contributed by atoms with van der Waals surface area (Å²) in [5.74, 6) is 0.0778. The highest BCUT2D eigenvalue weighted by molar-refractivity contribution is 6.07. The van der Waals surface area contributed by atoms with Crippen molar-refractivity contribution < 1.29 is 4.79 Å². The maximum Gasteiger partial charge on any atom is 0.259 e. The van der Waals surface area contributed by atoms with Crippen molar-refractivity contribution in [2.24, 2.45) is 0 Å². The van der Waals surface area contributed by atoms with Gasteiger partial charge in [-0.2, -0.15) is 0 Å². The van der Waals surface area contributed by atoms with Crippen molar-refractivity contribution >= 4 is 11.6 Å². The molecule has 0 fully saturated rings. The number of rotatable bonds is 4. The fraction of sp³-hybridized carbons (Fsp3) is 0.174. The zero-order valence-electron chi connectivity index (χ0n) is 14.7. The summed E-state index contributed by atoms with van der Waals surface area (Å²) in [6.45, 7) is 2.30. The maximum atomic E-state index is 13.2. The Morgan fingerprint density at radius 2 is 1.42 bits per heavy atom. The molecule has 3 aromatic rings. The number of fused-ring (bicyclic) bond motifs is 1. The standard InChI is InChI=1S/C23H22N2O/c26-23-22-14-8-7-11-20(22)17-24(16-15-19-9-3-1-4-10-19)18-25(23)21-12-5-2-6-13-21/h1-14H,15-18H2. The first-order valence-electron chi connectivity index (χ1n) is 9.02. The third-order valence-electron chi connectivity index (χ3n) is 4.86. The van der Waals surface area contributed by atoms with Crippen LogP contribution in [-0.2, 0) is 13.0 Å². The van der Waals surface area contributed by atoms with Gasteiger partial charge in [0.2, 0.25) is 0 Å². The molecule has 0 radical (unpaired) electrons. The van der Waals surface area contributed by atoms with E-state index in [1.165, 1.54) is 5.56 Å². The van der Waals surface area contributed by atoms with Crippen molar-refractivity contribution in [3.63, 3.8) is 0 Å². The number of benzene rings is 3. The Bertz CT molecular complexity index is 877. The molecule has 0 saturated carbocycles. The quantitative estimate of drug-likeness (QED) is 0.704. The minimum atomic E-state index is 0.0778. The summed E-state index contributed by atoms with van der Waals surface area (Å²) in [5, 5.41) is 0. The van der Waals surface area contributed by atoms with E-state index in [2.05, 4.69) is 35.2 Å². The van der Waals surface area contributed by atoms with Crippen LogP contribution in [0.15, 0.2) is 84.9 Å². The molecule has 0 N–H and O–H groups in total. The van der Waals surface area contributed by atoms with Gasteiger partial charge in [-0.1, -0.05) is 66.7 Å². The van der Waals surface area contributed by atoms with Gasteiger partial charge < -0.3 is 0 Å². The van der Waals surface area contributed by atoms with Crippen molar-refractivity contribution in [1.29, 1.82) is 0 Å². The van der Waals surface area contributed by atoms with Crippen molar-refractivity contribution in [2.75, 3.05) is 18.1 Å². The van der Waals surface area contributed by atoms with Crippen LogP contribution in [0.4, 0.5) is 5.69 Å². The average Bonchev–Trinajstić information content (AvgIpc) is 2.85. The summed E-state index contributed by atoms with van der Waals surface area (Å²) in [5.41, 5.74) is 4.17. The molecule has 1 aliphatic rings. The predicted octanol–water partition coefficient (Wildman–Crippen LogP) is 4.35. The molecule has 1 heterocycles. The van der Waals surface area contributed by atoms with E-state index in [1.807, 2.05) is 59.5 Å². The lowest BCUT2D eigenvalue weighted by atomic mass is 10.1. The normalized spacial score (nSPS) is 14.8. The first-order valence-corrected chi connectivity index (χ1v) is 9.02. The van der Waals surface area contributed by atoms with Crippen molar-refractivity contribution in [1.82, 2.24) is 4.90 Å². The maximum absolute atomic E-state index is 13.2. The number of anilines is 1. The molecule has 1 aliphatic heterocycles. The molecular formula is C23H22N2O. The molecule has 4 rings (SSSR count). The van der Waals surface area contributed by atoms with Gasteiger partial charge in [0.25, 0.3) is 5.91 Å². The molecule has 0 aromatic heterocycles. The molecule has 3 aromatic carbocycles. The summed E-state index contributed by atoms with van der Waals surface area (Å²) < 4.78 is 0. The van der Waals surface area contributed by atoms with Gasteiger partial charge in [-0.05, 0) is 35.7 Å². The monoisotopic (exact) mass is 342 g/mol. The average molecular weight is 342 g/mol. The molecule has 26 heavy (non-hydrogen) atoms. The van der Waals surface area contributed by atoms with Gasteiger partial charge in [0.15, 0.2) is 0 Å². The molecule has 0 aliphatic carbocycles. The Hall–Kier alpha value is -2.91. The molecular weight excluding hydrogens is 320 g/mol. The van der Waals surface area contributed by atoms with Crippen LogP contribution in [0.1, 0.15) is 21.5 Å². The second-order valence-corrected chi connectivity index (χ2v) is 6.66. The van der Waals surface area contributed by atoms with Crippen LogP contribution in [0.2, 0.25) is 0 Å². The summed E-state index contributed by atoms with van der Waals surface area (Å²) >= 11 is 0. The van der Waals surface area contributed by atoms with Gasteiger partial charge in [0.1, 0.15) is 0 Å². The van der Waals surface area contributed by atoms with Crippen molar-refractivity contribution in [2.45, 2.75) is 13.0 Å². The minimum absolute atomic E-state index is 0.0778. The number of carbonyl (C=O) groups excluding carboxylic acids is 1. The molecule has 3 heteroatoms. The Kier molecular flexibility index (Phi) is 4.80. The smallest absolute Gasteiger partial charge is 0.259 e. The highest BCUT2D eigenvalue weighted by Gasteiger charge is 2.26. The molecule has 0 spiro atoms. The SMILES string of the molecule is O=C1c2ccccc2CN(CCc2ccccc2)CN1c1ccccc1. The lowest BCUT2D eigenvalue weighted by Crippen LogP contribution is -2.39. The largest absolute Gasteiger partial charge is 0.295 e. The Labute approximate surface area is 154 Å². The third-order valence-corrected chi connectivity index (χ3v) is 4.86. The first kappa shape index (κ1) is 16.6. The molecule has 0 atom stereocenters. The summed E-state index contributed by atoms with van der Waals surface area (Å²) in [4.78, 5) is 17.4. The highest BCUT2D eigenvalue weighted by Crippen LogP contribution is 2.24. The Morgan fingerprint density at radius 1 is 0.769 bits per heavy atom. The lowest BCUT2D eigenvalue weighted by Gasteiger charge is -2.27. The van der Waals surface area contributed by atoms with E-state index in [0.29, 0.717) is 6.67 Å². The molecule has 1 amide bonds. The van der Waals surface area contributed by atoms with Crippen LogP contribution in [0.5, 0.6) is 0 Å². The van der Waals surface area contributed by atoms with Crippen LogP contribution >= 0.6 is 0 Å². The molecule has 0 saturated heterocycles. The van der Waals surface area contributed by atoms with E-state index in [0.717, 1.165) is 36.3 Å². The van der Waals surface area contributed by atoms with Crippen LogP contribution in [-0.4, -0.2) is 24.0 Å². The molecule has 3 nitrogen and oxygen atoms in total. The van der Waals surface area contributed by atoms with Gasteiger partial charge in [0, 0.05) is 24.3 Å². The molecule has 0 unspecified atom stereocenters. The van der Waals surface area contributed by atoms with E-state index in [-0.39, 0.29) is 5.91 Å². The Morgan fingerprint density at radius 3 is 2.19 bits per heavy atom. The number of nitrogens with zero attached hydrogens (tertiary/aromatic N) is 2. The first-order chi connectivity index (χ1) is 12.8. The number of amides is 1. The van der Waals surface area contributed by atoms with Crippen molar-refractivity contribution in [3.8, 4) is 0 Å². The van der Waals surface area contributed by atoms with Crippen LogP contribution < -0.4 is 4.90 Å². The molecule has 0 bridgehead atoms.